The van der Waals surface area contributed by atoms with E-state index in [-0.39, 0.29) is 5.91 Å². The highest BCUT2D eigenvalue weighted by atomic mass is 35.5. The number of hydrogen-bond donors (Lipinski definition) is 0. The van der Waals surface area contributed by atoms with Crippen LogP contribution in [0.1, 0.15) is 17.8 Å². The van der Waals surface area contributed by atoms with Gasteiger partial charge in [0.2, 0.25) is 5.91 Å². The predicted molar refractivity (Wildman–Crippen MR) is 79.8 cm³/mol. The Morgan fingerprint density at radius 3 is 2.90 bits per heavy atom. The van der Waals surface area contributed by atoms with Crippen LogP contribution in [0, 0.1) is 6.92 Å². The normalized spacial score (nSPS) is 24.3. The number of aromatic nitrogens is 2. The first-order valence-electron chi connectivity index (χ1n) is 6.87. The van der Waals surface area contributed by atoms with Gasteiger partial charge in [-0.2, -0.15) is 0 Å². The molecule has 0 aliphatic carbocycles. The van der Waals surface area contributed by atoms with Gasteiger partial charge in [0, 0.05) is 24.7 Å². The molecule has 1 aromatic heterocycles. The smallest absolute Gasteiger partial charge is 0.239 e. The number of ether oxygens (including phenoxy) is 1. The number of amides is 1. The van der Waals surface area contributed by atoms with Gasteiger partial charge in [0.25, 0.3) is 0 Å². The van der Waals surface area contributed by atoms with Gasteiger partial charge in [-0.05, 0) is 31.0 Å². The SMILES string of the molecule is Cc1nc(Cl)c2cc3c(cc2n1)C1(CCOC1)C(=O)N3C. The lowest BCUT2D eigenvalue weighted by molar-refractivity contribution is -0.122. The molecular formula is C15H14ClN3O2. The summed E-state index contributed by atoms with van der Waals surface area (Å²) in [5.74, 6) is 0.716. The number of nitrogens with zero attached hydrogens (tertiary/aromatic N) is 3. The number of carbonyl (C=O) groups is 1. The van der Waals surface area contributed by atoms with Crippen molar-refractivity contribution in [2.75, 3.05) is 25.2 Å². The molecule has 5 nitrogen and oxygen atoms in total. The summed E-state index contributed by atoms with van der Waals surface area (Å²) in [4.78, 5) is 23.0. The average Bonchev–Trinajstić information content (AvgIpc) is 3.00. The minimum absolute atomic E-state index is 0.0890. The second-order valence-electron chi connectivity index (χ2n) is 5.70. The standard InChI is InChI=1S/C15H14ClN3O2/c1-8-17-11-6-10-12(5-9(11)13(16)18-8)19(2)14(20)15(10)3-4-21-7-15/h5-6H,3-4,7H2,1-2H3. The number of benzene rings is 1. The third kappa shape index (κ3) is 1.59. The molecule has 1 spiro atoms. The predicted octanol–water partition coefficient (Wildman–Crippen LogP) is 2.23. The quantitative estimate of drug-likeness (QED) is 0.700. The molecule has 1 saturated heterocycles. The Balaban J connectivity index is 2.05. The summed E-state index contributed by atoms with van der Waals surface area (Å²) in [6, 6.07) is 3.89. The summed E-state index contributed by atoms with van der Waals surface area (Å²) in [7, 11) is 1.79. The van der Waals surface area contributed by atoms with Crippen LogP contribution in [0.25, 0.3) is 10.9 Å². The first kappa shape index (κ1) is 13.0. The molecule has 1 fully saturated rings. The van der Waals surface area contributed by atoms with E-state index in [0.717, 1.165) is 22.2 Å². The molecule has 0 radical (unpaired) electrons. The molecule has 1 aromatic carbocycles. The molecule has 1 unspecified atom stereocenters. The van der Waals surface area contributed by atoms with E-state index >= 15 is 0 Å². The van der Waals surface area contributed by atoms with Crippen LogP contribution in [0.3, 0.4) is 0 Å². The van der Waals surface area contributed by atoms with Crippen LogP contribution >= 0.6 is 11.6 Å². The van der Waals surface area contributed by atoms with Gasteiger partial charge in [-0.3, -0.25) is 4.79 Å². The van der Waals surface area contributed by atoms with E-state index in [0.29, 0.717) is 30.6 Å². The van der Waals surface area contributed by atoms with Crippen LogP contribution in [0.4, 0.5) is 5.69 Å². The van der Waals surface area contributed by atoms with E-state index in [9.17, 15) is 4.79 Å². The summed E-state index contributed by atoms with van der Waals surface area (Å²) in [5.41, 5.74) is 2.10. The van der Waals surface area contributed by atoms with Crippen molar-refractivity contribution in [1.29, 1.82) is 0 Å². The summed E-state index contributed by atoms with van der Waals surface area (Å²) in [6.45, 7) is 2.86. The lowest BCUT2D eigenvalue weighted by Crippen LogP contribution is -2.38. The zero-order chi connectivity index (χ0) is 14.8. The van der Waals surface area contributed by atoms with Gasteiger partial charge in [-0.25, -0.2) is 9.97 Å². The highest BCUT2D eigenvalue weighted by Gasteiger charge is 2.52. The molecule has 2 aromatic rings. The van der Waals surface area contributed by atoms with Crippen molar-refractivity contribution in [3.05, 3.63) is 28.7 Å². The molecule has 0 N–H and O–H groups in total. The van der Waals surface area contributed by atoms with Crippen LogP contribution in [0.5, 0.6) is 0 Å². The molecule has 0 saturated carbocycles. The summed E-state index contributed by atoms with van der Waals surface area (Å²) in [5, 5.41) is 1.20. The third-order valence-corrected chi connectivity index (χ3v) is 4.78. The molecule has 108 valence electrons. The van der Waals surface area contributed by atoms with Crippen LogP contribution in [0.2, 0.25) is 5.15 Å². The molecule has 6 heteroatoms. The van der Waals surface area contributed by atoms with Crippen molar-refractivity contribution in [3.63, 3.8) is 0 Å². The zero-order valence-electron chi connectivity index (χ0n) is 11.8. The lowest BCUT2D eigenvalue weighted by atomic mass is 9.81. The van der Waals surface area contributed by atoms with Crippen molar-refractivity contribution >= 4 is 34.1 Å². The maximum atomic E-state index is 12.7. The number of aryl methyl sites for hydroxylation is 1. The summed E-state index contributed by atoms with van der Waals surface area (Å²) in [6.07, 6.45) is 0.715. The highest BCUT2D eigenvalue weighted by Crippen LogP contribution is 2.47. The van der Waals surface area contributed by atoms with Crippen LogP contribution < -0.4 is 4.90 Å². The van der Waals surface area contributed by atoms with Crippen molar-refractivity contribution in [2.45, 2.75) is 18.8 Å². The van der Waals surface area contributed by atoms with Crippen LogP contribution in [-0.2, 0) is 14.9 Å². The molecule has 3 heterocycles. The maximum absolute atomic E-state index is 12.7. The number of rotatable bonds is 0. The van der Waals surface area contributed by atoms with Crippen molar-refractivity contribution < 1.29 is 9.53 Å². The number of anilines is 1. The zero-order valence-corrected chi connectivity index (χ0v) is 12.6. The monoisotopic (exact) mass is 303 g/mol. The molecule has 0 bridgehead atoms. The molecular weight excluding hydrogens is 290 g/mol. The summed E-state index contributed by atoms with van der Waals surface area (Å²) < 4.78 is 5.51. The third-order valence-electron chi connectivity index (χ3n) is 4.49. The second kappa shape index (κ2) is 4.15. The minimum Gasteiger partial charge on any atom is -0.380 e. The number of carbonyl (C=O) groups excluding carboxylic acids is 1. The second-order valence-corrected chi connectivity index (χ2v) is 6.06. The largest absolute Gasteiger partial charge is 0.380 e. The average molecular weight is 304 g/mol. The van der Waals surface area contributed by atoms with Crippen molar-refractivity contribution in [1.82, 2.24) is 9.97 Å². The Morgan fingerprint density at radius 1 is 1.38 bits per heavy atom. The Kier molecular flexibility index (Phi) is 2.56. The van der Waals surface area contributed by atoms with Gasteiger partial charge in [0.05, 0.1) is 12.1 Å². The van der Waals surface area contributed by atoms with E-state index in [1.807, 2.05) is 19.1 Å². The van der Waals surface area contributed by atoms with E-state index in [2.05, 4.69) is 9.97 Å². The van der Waals surface area contributed by atoms with Gasteiger partial charge >= 0.3 is 0 Å². The van der Waals surface area contributed by atoms with Gasteiger partial charge < -0.3 is 9.64 Å². The summed E-state index contributed by atoms with van der Waals surface area (Å²) >= 11 is 6.22. The fourth-order valence-electron chi connectivity index (χ4n) is 3.39. The Morgan fingerprint density at radius 2 is 2.19 bits per heavy atom. The van der Waals surface area contributed by atoms with E-state index in [1.165, 1.54) is 0 Å². The van der Waals surface area contributed by atoms with Gasteiger partial charge in [-0.1, -0.05) is 11.6 Å². The molecule has 21 heavy (non-hydrogen) atoms. The van der Waals surface area contributed by atoms with Crippen molar-refractivity contribution in [2.24, 2.45) is 0 Å². The van der Waals surface area contributed by atoms with Crippen LogP contribution in [-0.4, -0.2) is 36.1 Å². The highest BCUT2D eigenvalue weighted by molar-refractivity contribution is 6.34. The van der Waals surface area contributed by atoms with Gasteiger partial charge in [0.15, 0.2) is 0 Å². The van der Waals surface area contributed by atoms with E-state index < -0.39 is 5.41 Å². The maximum Gasteiger partial charge on any atom is 0.239 e. The lowest BCUT2D eigenvalue weighted by Gasteiger charge is -2.19. The molecule has 1 atom stereocenters. The van der Waals surface area contributed by atoms with Crippen molar-refractivity contribution in [3.8, 4) is 0 Å². The molecule has 4 rings (SSSR count). The fraction of sp³-hybridized carbons (Fsp3) is 0.400. The molecule has 1 amide bonds. The topological polar surface area (TPSA) is 55.3 Å². The minimum atomic E-state index is -0.552. The van der Waals surface area contributed by atoms with E-state index in [1.54, 1.807) is 11.9 Å². The Labute approximate surface area is 126 Å². The number of hydrogen-bond acceptors (Lipinski definition) is 4. The molecule has 2 aliphatic rings. The number of fused-ring (bicyclic) bond motifs is 3. The van der Waals surface area contributed by atoms with Gasteiger partial charge in [0.1, 0.15) is 16.4 Å². The Bertz CT molecular complexity index is 784. The van der Waals surface area contributed by atoms with Crippen LogP contribution in [0.15, 0.2) is 12.1 Å². The molecule has 2 aliphatic heterocycles. The Hall–Kier alpha value is -1.72. The van der Waals surface area contributed by atoms with Gasteiger partial charge in [-0.15, -0.1) is 0 Å². The fourth-order valence-corrected chi connectivity index (χ4v) is 3.66. The number of halogens is 1. The first-order valence-corrected chi connectivity index (χ1v) is 7.25. The number of likely N-dealkylation sites (N-methyl/N-ethyl adjacent to an activating group) is 1. The van der Waals surface area contributed by atoms with E-state index in [4.69, 9.17) is 16.3 Å². The first-order chi connectivity index (χ1) is 10.0.